The molecule has 0 radical (unpaired) electrons. The molecule has 0 amide bonds. The summed E-state index contributed by atoms with van der Waals surface area (Å²) in [5.74, 6) is 0. The largest absolute Gasteiger partial charge is 0.298 e. The Hall–Kier alpha value is -0.960. The minimum absolute atomic E-state index is 0.138. The summed E-state index contributed by atoms with van der Waals surface area (Å²) in [6.45, 7) is 6.33. The molecule has 0 N–H and O–H groups in total. The predicted octanol–water partition coefficient (Wildman–Crippen LogP) is 2.96. The molecule has 0 fully saturated rings. The molecular weight excluding hydrogens is 196 g/mol. The van der Waals surface area contributed by atoms with E-state index < -0.39 is 0 Å². The van der Waals surface area contributed by atoms with Crippen molar-refractivity contribution in [1.29, 1.82) is 0 Å². The molecule has 0 aliphatic carbocycles. The molecule has 14 heavy (non-hydrogen) atoms. The van der Waals surface area contributed by atoms with Gasteiger partial charge in [-0.1, -0.05) is 20.8 Å². The van der Waals surface area contributed by atoms with Crippen molar-refractivity contribution >= 4 is 23.9 Å². The molecule has 0 unspecified atom stereocenters. The predicted molar refractivity (Wildman–Crippen MR) is 58.3 cm³/mol. The number of thiophene rings is 1. The zero-order valence-electron chi connectivity index (χ0n) is 8.66. The zero-order chi connectivity index (χ0) is 10.8. The first-order chi connectivity index (χ1) is 6.48. The molecule has 1 aromatic rings. The van der Waals surface area contributed by atoms with E-state index in [1.807, 2.05) is 5.38 Å². The first-order valence-electron chi connectivity index (χ1n) is 4.48. The van der Waals surface area contributed by atoms with Crippen LogP contribution in [0.5, 0.6) is 0 Å². The smallest absolute Gasteiger partial charge is 0.160 e. The van der Waals surface area contributed by atoms with Gasteiger partial charge in [0.25, 0.3) is 0 Å². The van der Waals surface area contributed by atoms with Crippen LogP contribution in [0.25, 0.3) is 0 Å². The van der Waals surface area contributed by atoms with Crippen molar-refractivity contribution in [3.63, 3.8) is 0 Å². The highest BCUT2D eigenvalue weighted by Crippen LogP contribution is 2.27. The fourth-order valence-electron chi connectivity index (χ4n) is 1.35. The Morgan fingerprint density at radius 3 is 2.36 bits per heavy atom. The van der Waals surface area contributed by atoms with Gasteiger partial charge < -0.3 is 0 Å². The first kappa shape index (κ1) is 11.1. The van der Waals surface area contributed by atoms with Crippen molar-refractivity contribution in [1.82, 2.24) is 0 Å². The van der Waals surface area contributed by atoms with Gasteiger partial charge in [-0.3, -0.25) is 9.59 Å². The average molecular weight is 210 g/mol. The zero-order valence-corrected chi connectivity index (χ0v) is 9.48. The van der Waals surface area contributed by atoms with Gasteiger partial charge in [0.2, 0.25) is 0 Å². The van der Waals surface area contributed by atoms with Gasteiger partial charge in [-0.2, -0.15) is 0 Å². The molecule has 0 spiro atoms. The molecule has 0 aliphatic heterocycles. The van der Waals surface area contributed by atoms with Crippen LogP contribution in [0.4, 0.5) is 0 Å². The molecular formula is C11H14O2S. The van der Waals surface area contributed by atoms with E-state index in [9.17, 15) is 9.59 Å². The fraction of sp³-hybridized carbons (Fsp3) is 0.455. The van der Waals surface area contributed by atoms with E-state index in [1.165, 1.54) is 11.3 Å². The van der Waals surface area contributed by atoms with Crippen LogP contribution in [0.3, 0.4) is 0 Å². The van der Waals surface area contributed by atoms with E-state index in [-0.39, 0.29) is 5.41 Å². The number of carbonyl (C=O) groups excluding carboxylic acids is 2. The molecule has 3 heteroatoms. The number of hydrogen-bond acceptors (Lipinski definition) is 3. The van der Waals surface area contributed by atoms with Crippen LogP contribution in [0.15, 0.2) is 5.38 Å². The molecule has 0 saturated carbocycles. The maximum Gasteiger partial charge on any atom is 0.160 e. The second-order valence-corrected chi connectivity index (χ2v) is 5.42. The van der Waals surface area contributed by atoms with Crippen LogP contribution < -0.4 is 0 Å². The molecule has 1 heterocycles. The minimum Gasteiger partial charge on any atom is -0.298 e. The Morgan fingerprint density at radius 1 is 1.29 bits per heavy atom. The maximum atomic E-state index is 10.8. The molecule has 76 valence electrons. The van der Waals surface area contributed by atoms with E-state index in [0.717, 1.165) is 24.6 Å². The van der Waals surface area contributed by atoms with Crippen LogP contribution in [0.1, 0.15) is 46.4 Å². The Kier molecular flexibility index (Phi) is 3.21. The lowest BCUT2D eigenvalue weighted by atomic mass is 9.88. The van der Waals surface area contributed by atoms with E-state index >= 15 is 0 Å². The van der Waals surface area contributed by atoms with Gasteiger partial charge in [0, 0.05) is 5.56 Å². The van der Waals surface area contributed by atoms with Crippen molar-refractivity contribution in [2.45, 2.75) is 27.2 Å². The van der Waals surface area contributed by atoms with Crippen molar-refractivity contribution in [3.05, 3.63) is 21.4 Å². The normalized spacial score (nSPS) is 11.4. The highest BCUT2D eigenvalue weighted by atomic mass is 32.1. The van der Waals surface area contributed by atoms with Crippen LogP contribution in [-0.4, -0.2) is 12.6 Å². The summed E-state index contributed by atoms with van der Waals surface area (Å²) in [7, 11) is 0. The summed E-state index contributed by atoms with van der Waals surface area (Å²) < 4.78 is 0. The van der Waals surface area contributed by atoms with E-state index in [2.05, 4.69) is 20.8 Å². The summed E-state index contributed by atoms with van der Waals surface area (Å²) in [5.41, 5.74) is 1.69. The molecule has 0 aromatic carbocycles. The Balaban J connectivity index is 3.03. The number of hydrogen-bond donors (Lipinski definition) is 0. The Morgan fingerprint density at radius 2 is 1.93 bits per heavy atom. The maximum absolute atomic E-state index is 10.8. The van der Waals surface area contributed by atoms with Gasteiger partial charge in [0.05, 0.1) is 4.88 Å². The minimum atomic E-state index is 0.138. The second-order valence-electron chi connectivity index (χ2n) is 4.51. The van der Waals surface area contributed by atoms with Gasteiger partial charge in [-0.25, -0.2) is 0 Å². The number of rotatable bonds is 3. The molecule has 1 rings (SSSR count). The Labute approximate surface area is 87.9 Å². The van der Waals surface area contributed by atoms with Gasteiger partial charge in [0.1, 0.15) is 0 Å². The van der Waals surface area contributed by atoms with Crippen molar-refractivity contribution in [2.75, 3.05) is 0 Å². The molecule has 0 bridgehead atoms. The standard InChI is InChI=1S/C11H14O2S/c1-11(2,3)4-8-7-14-10(6-13)9(8)5-12/h5-7H,4H2,1-3H3. The lowest BCUT2D eigenvalue weighted by Crippen LogP contribution is -2.10. The average Bonchev–Trinajstić information content (AvgIpc) is 2.43. The third-order valence-electron chi connectivity index (χ3n) is 1.89. The topological polar surface area (TPSA) is 34.1 Å². The molecule has 0 aliphatic rings. The van der Waals surface area contributed by atoms with Crippen LogP contribution >= 0.6 is 11.3 Å². The molecule has 0 saturated heterocycles. The summed E-state index contributed by atoms with van der Waals surface area (Å²) in [4.78, 5) is 22.0. The van der Waals surface area contributed by atoms with Crippen LogP contribution in [-0.2, 0) is 6.42 Å². The van der Waals surface area contributed by atoms with E-state index in [4.69, 9.17) is 0 Å². The van der Waals surface area contributed by atoms with Gasteiger partial charge >= 0.3 is 0 Å². The number of carbonyl (C=O) groups is 2. The van der Waals surface area contributed by atoms with Gasteiger partial charge in [-0.15, -0.1) is 11.3 Å². The fourth-order valence-corrected chi connectivity index (χ4v) is 2.19. The van der Waals surface area contributed by atoms with E-state index in [1.54, 1.807) is 0 Å². The number of aldehydes is 2. The molecule has 1 aromatic heterocycles. The highest BCUT2D eigenvalue weighted by molar-refractivity contribution is 7.12. The van der Waals surface area contributed by atoms with Crippen molar-refractivity contribution < 1.29 is 9.59 Å². The summed E-state index contributed by atoms with van der Waals surface area (Å²) >= 11 is 1.34. The van der Waals surface area contributed by atoms with E-state index in [0.29, 0.717) is 10.4 Å². The van der Waals surface area contributed by atoms with Gasteiger partial charge in [0.15, 0.2) is 12.6 Å². The van der Waals surface area contributed by atoms with Crippen molar-refractivity contribution in [2.24, 2.45) is 5.41 Å². The second kappa shape index (κ2) is 4.05. The highest BCUT2D eigenvalue weighted by Gasteiger charge is 2.17. The van der Waals surface area contributed by atoms with Crippen LogP contribution in [0, 0.1) is 5.41 Å². The summed E-state index contributed by atoms with van der Waals surface area (Å²) in [6.07, 6.45) is 2.35. The van der Waals surface area contributed by atoms with Gasteiger partial charge in [-0.05, 0) is 22.8 Å². The quantitative estimate of drug-likeness (QED) is 0.719. The third-order valence-corrected chi connectivity index (χ3v) is 2.86. The molecule has 2 nitrogen and oxygen atoms in total. The monoisotopic (exact) mass is 210 g/mol. The first-order valence-corrected chi connectivity index (χ1v) is 5.36. The van der Waals surface area contributed by atoms with Crippen molar-refractivity contribution in [3.8, 4) is 0 Å². The third kappa shape index (κ3) is 2.51. The summed E-state index contributed by atoms with van der Waals surface area (Å²) in [6, 6.07) is 0. The summed E-state index contributed by atoms with van der Waals surface area (Å²) in [5, 5.41) is 1.90. The Bertz CT molecular complexity index is 345. The lowest BCUT2D eigenvalue weighted by Gasteiger charge is -2.17. The van der Waals surface area contributed by atoms with Crippen LogP contribution in [0.2, 0.25) is 0 Å². The SMILES string of the molecule is CC(C)(C)Cc1csc(C=O)c1C=O. The molecule has 0 atom stereocenters. The lowest BCUT2D eigenvalue weighted by molar-refractivity contribution is 0.109.